The molecular formula is C18H20BrNO. The van der Waals surface area contributed by atoms with Crippen LogP contribution in [0.1, 0.15) is 26.3 Å². The van der Waals surface area contributed by atoms with Crippen molar-refractivity contribution in [1.82, 2.24) is 0 Å². The molecule has 2 nitrogen and oxygen atoms in total. The maximum atomic E-state index is 11.3. The maximum Gasteiger partial charge on any atom is 0.235 e. The number of hydrogen-bond acceptors (Lipinski definition) is 1. The van der Waals surface area contributed by atoms with Gasteiger partial charge in [0.05, 0.1) is 5.33 Å². The van der Waals surface area contributed by atoms with E-state index in [1.54, 1.807) is 0 Å². The summed E-state index contributed by atoms with van der Waals surface area (Å²) in [5.41, 5.74) is 4.64. The quantitative estimate of drug-likeness (QED) is 0.780. The molecule has 21 heavy (non-hydrogen) atoms. The van der Waals surface area contributed by atoms with Gasteiger partial charge in [-0.25, -0.2) is 0 Å². The summed E-state index contributed by atoms with van der Waals surface area (Å²) < 4.78 is 0. The third-order valence-electron chi connectivity index (χ3n) is 3.37. The van der Waals surface area contributed by atoms with E-state index in [1.807, 2.05) is 24.3 Å². The first kappa shape index (κ1) is 15.8. The molecule has 0 aliphatic rings. The van der Waals surface area contributed by atoms with Crippen LogP contribution in [0.25, 0.3) is 11.1 Å². The molecule has 0 aliphatic carbocycles. The van der Waals surface area contributed by atoms with Crippen molar-refractivity contribution < 1.29 is 4.79 Å². The van der Waals surface area contributed by atoms with Crippen LogP contribution in [0.15, 0.2) is 48.5 Å². The van der Waals surface area contributed by atoms with Crippen molar-refractivity contribution in [2.75, 3.05) is 10.6 Å². The lowest BCUT2D eigenvalue weighted by Gasteiger charge is -2.19. The molecule has 1 N–H and O–H groups in total. The van der Waals surface area contributed by atoms with Crippen LogP contribution in [0.2, 0.25) is 0 Å². The minimum atomic E-state index is -0.0442. The summed E-state index contributed by atoms with van der Waals surface area (Å²) in [7, 11) is 0. The normalized spacial score (nSPS) is 11.2. The highest BCUT2D eigenvalue weighted by Crippen LogP contribution is 2.26. The zero-order valence-electron chi connectivity index (χ0n) is 12.6. The highest BCUT2D eigenvalue weighted by Gasteiger charge is 2.13. The molecule has 0 atom stereocenters. The van der Waals surface area contributed by atoms with Gasteiger partial charge in [-0.3, -0.25) is 4.79 Å². The molecule has 2 aromatic carbocycles. The van der Waals surface area contributed by atoms with Gasteiger partial charge in [-0.05, 0) is 34.2 Å². The summed E-state index contributed by atoms with van der Waals surface area (Å²) in [5.74, 6) is -0.0442. The van der Waals surface area contributed by atoms with Crippen molar-refractivity contribution in [2.24, 2.45) is 0 Å². The van der Waals surface area contributed by atoms with E-state index in [0.717, 1.165) is 11.3 Å². The van der Waals surface area contributed by atoms with Crippen molar-refractivity contribution in [3.63, 3.8) is 0 Å². The number of carbonyl (C=O) groups is 1. The molecule has 0 unspecified atom stereocenters. The Morgan fingerprint density at radius 1 is 0.952 bits per heavy atom. The van der Waals surface area contributed by atoms with E-state index in [-0.39, 0.29) is 11.3 Å². The Hall–Kier alpha value is -1.61. The van der Waals surface area contributed by atoms with Crippen LogP contribution < -0.4 is 5.32 Å². The molecule has 0 fully saturated rings. The molecule has 2 aromatic rings. The van der Waals surface area contributed by atoms with Gasteiger partial charge < -0.3 is 5.32 Å². The van der Waals surface area contributed by atoms with Gasteiger partial charge in [0.1, 0.15) is 0 Å². The summed E-state index contributed by atoms with van der Waals surface area (Å²) in [4.78, 5) is 11.3. The Morgan fingerprint density at radius 3 is 1.86 bits per heavy atom. The van der Waals surface area contributed by atoms with Crippen molar-refractivity contribution in [1.29, 1.82) is 0 Å². The molecule has 0 heterocycles. The van der Waals surface area contributed by atoms with Crippen molar-refractivity contribution in [3.05, 3.63) is 54.1 Å². The number of benzene rings is 2. The fourth-order valence-corrected chi connectivity index (χ4v) is 2.24. The highest BCUT2D eigenvalue weighted by atomic mass is 79.9. The Kier molecular flexibility index (Phi) is 4.84. The lowest BCUT2D eigenvalue weighted by molar-refractivity contribution is -0.113. The fourth-order valence-electron chi connectivity index (χ4n) is 2.10. The van der Waals surface area contributed by atoms with Gasteiger partial charge in [0.2, 0.25) is 5.91 Å². The largest absolute Gasteiger partial charge is 0.325 e. The van der Waals surface area contributed by atoms with Gasteiger partial charge >= 0.3 is 0 Å². The Labute approximate surface area is 134 Å². The van der Waals surface area contributed by atoms with Crippen molar-refractivity contribution in [2.45, 2.75) is 26.2 Å². The molecule has 0 aliphatic heterocycles. The summed E-state index contributed by atoms with van der Waals surface area (Å²) in [6.45, 7) is 6.63. The molecule has 0 bridgehead atoms. The number of nitrogens with one attached hydrogen (secondary N) is 1. The number of alkyl halides is 1. The molecule has 0 saturated heterocycles. The van der Waals surface area contributed by atoms with E-state index < -0.39 is 0 Å². The van der Waals surface area contributed by atoms with Crippen LogP contribution in [-0.2, 0) is 10.2 Å². The minimum Gasteiger partial charge on any atom is -0.325 e. The van der Waals surface area contributed by atoms with Gasteiger partial charge in [-0.1, -0.05) is 73.1 Å². The molecule has 110 valence electrons. The second-order valence-electron chi connectivity index (χ2n) is 6.09. The van der Waals surface area contributed by atoms with Crippen LogP contribution in [-0.4, -0.2) is 11.2 Å². The number of carbonyl (C=O) groups excluding carboxylic acids is 1. The average Bonchev–Trinajstić information content (AvgIpc) is 2.47. The first-order valence-corrected chi connectivity index (χ1v) is 8.09. The van der Waals surface area contributed by atoms with E-state index in [0.29, 0.717) is 5.33 Å². The molecular weight excluding hydrogens is 326 g/mol. The lowest BCUT2D eigenvalue weighted by atomic mass is 9.86. The summed E-state index contributed by atoms with van der Waals surface area (Å²) in [6.07, 6.45) is 0. The number of rotatable bonds is 3. The Morgan fingerprint density at radius 2 is 1.43 bits per heavy atom. The van der Waals surface area contributed by atoms with Crippen LogP contribution in [0.3, 0.4) is 0 Å². The summed E-state index contributed by atoms with van der Waals surface area (Å²) in [5, 5.41) is 3.12. The van der Waals surface area contributed by atoms with Gasteiger partial charge in [0, 0.05) is 5.69 Å². The minimum absolute atomic E-state index is 0.0442. The van der Waals surface area contributed by atoms with Crippen LogP contribution in [0, 0.1) is 0 Å². The van der Waals surface area contributed by atoms with Gasteiger partial charge in [-0.15, -0.1) is 0 Å². The molecule has 2 rings (SSSR count). The first-order valence-electron chi connectivity index (χ1n) is 6.97. The predicted molar refractivity (Wildman–Crippen MR) is 93.0 cm³/mol. The number of hydrogen-bond donors (Lipinski definition) is 1. The fraction of sp³-hybridized carbons (Fsp3) is 0.278. The maximum absolute atomic E-state index is 11.3. The second kappa shape index (κ2) is 6.44. The van der Waals surface area contributed by atoms with Gasteiger partial charge in [0.15, 0.2) is 0 Å². The van der Waals surface area contributed by atoms with Crippen molar-refractivity contribution >= 4 is 27.5 Å². The molecule has 1 amide bonds. The Bertz CT molecular complexity index is 609. The standard InChI is InChI=1S/C18H20BrNO/c1-18(2,3)15-8-4-13(5-9-15)14-6-10-16(11-7-14)20-17(21)12-19/h4-11H,12H2,1-3H3,(H,20,21). The van der Waals surface area contributed by atoms with Gasteiger partial charge in [0.25, 0.3) is 0 Å². The van der Waals surface area contributed by atoms with E-state index in [2.05, 4.69) is 66.3 Å². The molecule has 0 aromatic heterocycles. The third kappa shape index (κ3) is 4.18. The molecule has 3 heteroatoms. The van der Waals surface area contributed by atoms with E-state index in [1.165, 1.54) is 11.1 Å². The van der Waals surface area contributed by atoms with E-state index in [4.69, 9.17) is 0 Å². The lowest BCUT2D eigenvalue weighted by Crippen LogP contribution is -2.11. The SMILES string of the molecule is CC(C)(C)c1ccc(-c2ccc(NC(=O)CBr)cc2)cc1. The number of halogens is 1. The predicted octanol–water partition coefficient (Wildman–Crippen LogP) is 4.98. The Balaban J connectivity index is 2.17. The molecule has 0 spiro atoms. The third-order valence-corrected chi connectivity index (χ3v) is 3.88. The van der Waals surface area contributed by atoms with Gasteiger partial charge in [-0.2, -0.15) is 0 Å². The van der Waals surface area contributed by atoms with E-state index >= 15 is 0 Å². The molecule has 0 saturated carbocycles. The number of anilines is 1. The van der Waals surface area contributed by atoms with Crippen LogP contribution in [0.4, 0.5) is 5.69 Å². The smallest absolute Gasteiger partial charge is 0.235 e. The zero-order chi connectivity index (χ0) is 15.5. The summed E-state index contributed by atoms with van der Waals surface area (Å²) in [6, 6.07) is 16.5. The van der Waals surface area contributed by atoms with Crippen molar-refractivity contribution in [3.8, 4) is 11.1 Å². The average molecular weight is 346 g/mol. The first-order chi connectivity index (χ1) is 9.90. The summed E-state index contributed by atoms with van der Waals surface area (Å²) >= 11 is 3.13. The zero-order valence-corrected chi connectivity index (χ0v) is 14.2. The molecule has 0 radical (unpaired) electrons. The van der Waals surface area contributed by atoms with Crippen LogP contribution >= 0.6 is 15.9 Å². The van der Waals surface area contributed by atoms with E-state index in [9.17, 15) is 4.79 Å². The highest BCUT2D eigenvalue weighted by molar-refractivity contribution is 9.09. The second-order valence-corrected chi connectivity index (χ2v) is 6.65. The topological polar surface area (TPSA) is 29.1 Å². The van der Waals surface area contributed by atoms with Crippen LogP contribution in [0.5, 0.6) is 0 Å². The number of amides is 1. The monoisotopic (exact) mass is 345 g/mol.